The first-order valence-electron chi connectivity index (χ1n) is 15.1. The highest BCUT2D eigenvalue weighted by Crippen LogP contribution is 2.69. The number of hydrogen-bond donors (Lipinski definition) is 1. The molecule has 4 aliphatic rings. The summed E-state index contributed by atoms with van der Waals surface area (Å²) in [6.07, 6.45) is 10.3. The molecule has 0 amide bonds. The maximum atomic E-state index is 14.2. The van der Waals surface area contributed by atoms with Gasteiger partial charge < -0.3 is 9.84 Å². The van der Waals surface area contributed by atoms with Crippen LogP contribution in [0.25, 0.3) is 11.0 Å². The Balaban J connectivity index is 1.23. The Kier molecular flexibility index (Phi) is 6.89. The van der Waals surface area contributed by atoms with Gasteiger partial charge in [0.1, 0.15) is 6.54 Å². The molecule has 214 valence electrons. The lowest BCUT2D eigenvalue weighted by molar-refractivity contribution is -0.164. The predicted octanol–water partition coefficient (Wildman–Crippen LogP) is 6.10. The Morgan fingerprint density at radius 1 is 1.10 bits per heavy atom. The van der Waals surface area contributed by atoms with Gasteiger partial charge in [-0.25, -0.2) is 13.5 Å². The summed E-state index contributed by atoms with van der Waals surface area (Å²) in [6.45, 7) is 7.97. The molecule has 0 spiro atoms. The largest absolute Gasteiger partial charge is 0.390 e. The molecule has 0 saturated heterocycles. The monoisotopic (exact) mass is 543 g/mol. The normalized spacial score (nSPS) is 39.8. The van der Waals surface area contributed by atoms with Crippen LogP contribution in [0.3, 0.4) is 0 Å². The van der Waals surface area contributed by atoms with Crippen molar-refractivity contribution >= 4 is 16.8 Å². The van der Waals surface area contributed by atoms with Gasteiger partial charge in [-0.15, -0.1) is 5.10 Å². The molecule has 39 heavy (non-hydrogen) atoms. The molecule has 1 aromatic carbocycles. The van der Waals surface area contributed by atoms with Gasteiger partial charge in [0.05, 0.1) is 11.1 Å². The van der Waals surface area contributed by atoms with Crippen molar-refractivity contribution in [1.29, 1.82) is 0 Å². The quantitative estimate of drug-likeness (QED) is 0.428. The number of fused-ring (bicyclic) bond motifs is 6. The van der Waals surface area contributed by atoms with Crippen molar-refractivity contribution in [3.63, 3.8) is 0 Å². The minimum atomic E-state index is -1.02. The summed E-state index contributed by atoms with van der Waals surface area (Å²) in [5.41, 5.74) is -0.170. The highest BCUT2D eigenvalue weighted by molar-refractivity contribution is 5.84. The van der Waals surface area contributed by atoms with Gasteiger partial charge in [-0.05, 0) is 125 Å². The lowest BCUT2D eigenvalue weighted by atomic mass is 9.42. The van der Waals surface area contributed by atoms with Gasteiger partial charge in [0.25, 0.3) is 0 Å². The van der Waals surface area contributed by atoms with Crippen LogP contribution >= 0.6 is 0 Å². The van der Waals surface area contributed by atoms with Crippen molar-refractivity contribution in [3.8, 4) is 0 Å². The van der Waals surface area contributed by atoms with Gasteiger partial charge in [0.2, 0.25) is 0 Å². The third kappa shape index (κ3) is 4.35. The fraction of sp³-hybridized carbons (Fsp3) is 0.774. The molecule has 0 unspecified atom stereocenters. The number of hydrogen-bond acceptors (Lipinski definition) is 5. The molecule has 2 aromatic rings. The zero-order valence-corrected chi connectivity index (χ0v) is 23.6. The number of aromatic nitrogens is 3. The molecule has 1 aromatic heterocycles. The minimum Gasteiger partial charge on any atom is -0.390 e. The molecule has 0 bridgehead atoms. The summed E-state index contributed by atoms with van der Waals surface area (Å²) < 4.78 is 35.2. The van der Waals surface area contributed by atoms with E-state index in [-0.39, 0.29) is 34.6 Å². The van der Waals surface area contributed by atoms with Gasteiger partial charge >= 0.3 is 0 Å². The molecule has 4 fully saturated rings. The van der Waals surface area contributed by atoms with E-state index in [1.54, 1.807) is 0 Å². The lowest BCUT2D eigenvalue weighted by Crippen LogP contribution is -2.57. The van der Waals surface area contributed by atoms with Crippen LogP contribution < -0.4 is 0 Å². The van der Waals surface area contributed by atoms with Crippen LogP contribution in [-0.2, 0) is 16.1 Å². The number of carbonyl (C=O) groups is 1. The fourth-order valence-corrected chi connectivity index (χ4v) is 10.0. The van der Waals surface area contributed by atoms with Crippen molar-refractivity contribution in [2.24, 2.45) is 40.4 Å². The van der Waals surface area contributed by atoms with Gasteiger partial charge in [-0.3, -0.25) is 4.79 Å². The van der Waals surface area contributed by atoms with Crippen molar-refractivity contribution < 1.29 is 23.4 Å². The summed E-state index contributed by atoms with van der Waals surface area (Å²) >= 11 is 0. The third-order valence-electron chi connectivity index (χ3n) is 11.8. The van der Waals surface area contributed by atoms with Crippen molar-refractivity contribution in [1.82, 2.24) is 15.0 Å². The Bertz CT molecular complexity index is 1250. The van der Waals surface area contributed by atoms with Crippen LogP contribution in [0.5, 0.6) is 0 Å². The van der Waals surface area contributed by atoms with E-state index >= 15 is 0 Å². The molecule has 1 N–H and O–H groups in total. The average molecular weight is 544 g/mol. The van der Waals surface area contributed by atoms with Crippen molar-refractivity contribution in [2.45, 2.75) is 97.1 Å². The number of ether oxygens (including phenoxy) is 1. The molecule has 8 atom stereocenters. The SMILES string of the molecule is CCOCC[C@]12CC[C@@](C)(O)C[C@@H]1CC[C@H]1[C@@H]3CC[C@H](C(=O)Cn4nnc5c(F)c(F)ccc54)[C@@]3(C)CC[C@@H]12. The second kappa shape index (κ2) is 9.86. The Labute approximate surface area is 229 Å². The van der Waals surface area contributed by atoms with Gasteiger partial charge in [0.15, 0.2) is 22.9 Å². The van der Waals surface area contributed by atoms with Crippen molar-refractivity contribution in [3.05, 3.63) is 23.8 Å². The number of rotatable bonds is 7. The number of benzene rings is 1. The van der Waals surface area contributed by atoms with Gasteiger partial charge in [-0.2, -0.15) is 0 Å². The molecular formula is C31H43F2N3O3. The summed E-state index contributed by atoms with van der Waals surface area (Å²) in [4.78, 5) is 13.8. The average Bonchev–Trinajstić information content (AvgIpc) is 3.47. The third-order valence-corrected chi connectivity index (χ3v) is 11.8. The lowest BCUT2D eigenvalue weighted by Gasteiger charge is -2.63. The van der Waals surface area contributed by atoms with Gasteiger partial charge in [-0.1, -0.05) is 12.1 Å². The summed E-state index contributed by atoms with van der Waals surface area (Å²) in [5.74, 6) is 0.368. The molecule has 0 aliphatic heterocycles. The van der Waals surface area contributed by atoms with E-state index in [4.69, 9.17) is 4.74 Å². The standard InChI is InChI=1S/C31H43F2N3O3/c1-4-39-16-15-31-14-13-29(2,38)17-19(31)5-6-20-21-7-8-23(30(21,3)12-11-22(20)31)26(37)18-36-25-10-9-24(32)27(33)28(25)34-35-36/h9-10,19-23,38H,4-8,11-18H2,1-3H3/t19-,20-,21-,22-,23+,29+,30-,31+/m0/s1. The molecule has 8 heteroatoms. The van der Waals surface area contributed by atoms with Crippen LogP contribution in [0.1, 0.15) is 85.0 Å². The van der Waals surface area contributed by atoms with Crippen LogP contribution in [0.15, 0.2) is 12.1 Å². The van der Waals surface area contributed by atoms with E-state index in [0.29, 0.717) is 29.2 Å². The molecule has 6 nitrogen and oxygen atoms in total. The summed E-state index contributed by atoms with van der Waals surface area (Å²) in [6, 6.07) is 2.52. The summed E-state index contributed by atoms with van der Waals surface area (Å²) in [5, 5.41) is 18.8. The van der Waals surface area contributed by atoms with E-state index in [1.807, 2.05) is 6.92 Å². The zero-order valence-electron chi connectivity index (χ0n) is 23.6. The van der Waals surface area contributed by atoms with E-state index in [2.05, 4.69) is 24.2 Å². The van der Waals surface area contributed by atoms with Crippen LogP contribution in [0.4, 0.5) is 8.78 Å². The van der Waals surface area contributed by atoms with Crippen molar-refractivity contribution in [2.75, 3.05) is 13.2 Å². The fourth-order valence-electron chi connectivity index (χ4n) is 10.0. The second-order valence-corrected chi connectivity index (χ2v) is 13.6. The number of halogens is 2. The molecule has 6 rings (SSSR count). The number of carbonyl (C=O) groups excluding carboxylic acids is 1. The minimum absolute atomic E-state index is 0.0398. The smallest absolute Gasteiger partial charge is 0.188 e. The summed E-state index contributed by atoms with van der Waals surface area (Å²) in [7, 11) is 0. The van der Waals surface area contributed by atoms with Crippen LogP contribution in [0.2, 0.25) is 0 Å². The number of ketones is 1. The molecule has 4 aliphatic carbocycles. The molecular weight excluding hydrogens is 500 g/mol. The Hall–Kier alpha value is -1.93. The number of nitrogens with zero attached hydrogens (tertiary/aromatic N) is 3. The van der Waals surface area contributed by atoms with E-state index in [1.165, 1.54) is 17.2 Å². The van der Waals surface area contributed by atoms with E-state index in [0.717, 1.165) is 77.1 Å². The first-order chi connectivity index (χ1) is 18.6. The molecule has 4 saturated carbocycles. The number of aliphatic hydroxyl groups is 1. The molecule has 1 heterocycles. The second-order valence-electron chi connectivity index (χ2n) is 13.6. The Morgan fingerprint density at radius 2 is 1.92 bits per heavy atom. The van der Waals surface area contributed by atoms with Gasteiger partial charge in [0, 0.05) is 19.1 Å². The highest BCUT2D eigenvalue weighted by Gasteiger charge is 2.62. The van der Waals surface area contributed by atoms with E-state index < -0.39 is 17.2 Å². The predicted molar refractivity (Wildman–Crippen MR) is 144 cm³/mol. The zero-order chi connectivity index (χ0) is 27.6. The maximum absolute atomic E-state index is 14.2. The maximum Gasteiger partial charge on any atom is 0.188 e. The molecule has 0 radical (unpaired) electrons. The van der Waals surface area contributed by atoms with E-state index in [9.17, 15) is 18.7 Å². The van der Waals surface area contributed by atoms with Crippen LogP contribution in [-0.4, -0.2) is 44.7 Å². The first-order valence-corrected chi connectivity index (χ1v) is 15.1. The van der Waals surface area contributed by atoms with Crippen LogP contribution in [0, 0.1) is 52.1 Å². The topological polar surface area (TPSA) is 77.2 Å². The Morgan fingerprint density at radius 3 is 2.72 bits per heavy atom. The highest BCUT2D eigenvalue weighted by atomic mass is 19.2. The number of Topliss-reactive ketones (excluding diaryl/α,β-unsaturated/α-hetero) is 1. The first kappa shape index (κ1) is 27.3.